The van der Waals surface area contributed by atoms with Gasteiger partial charge in [-0.1, -0.05) is 0 Å². The van der Waals surface area contributed by atoms with Crippen molar-refractivity contribution in [2.45, 2.75) is 45.3 Å². The summed E-state index contributed by atoms with van der Waals surface area (Å²) in [5.74, 6) is 0.140. The van der Waals surface area contributed by atoms with Crippen LogP contribution < -0.4 is 5.32 Å². The normalized spacial score (nSPS) is 19.3. The van der Waals surface area contributed by atoms with Gasteiger partial charge >= 0.3 is 0 Å². The molecule has 1 fully saturated rings. The quantitative estimate of drug-likeness (QED) is 0.710. The summed E-state index contributed by atoms with van der Waals surface area (Å²) in [4.78, 5) is 13.6. The summed E-state index contributed by atoms with van der Waals surface area (Å²) in [6.45, 7) is 7.61. The first kappa shape index (κ1) is 12.5. The van der Waals surface area contributed by atoms with Gasteiger partial charge in [0.05, 0.1) is 12.6 Å². The summed E-state index contributed by atoms with van der Waals surface area (Å²) >= 11 is 0. The van der Waals surface area contributed by atoms with E-state index in [4.69, 9.17) is 0 Å². The maximum atomic E-state index is 11.7. The Kier molecular flexibility index (Phi) is 4.11. The van der Waals surface area contributed by atoms with Crippen molar-refractivity contribution < 1.29 is 9.90 Å². The number of nitrogens with zero attached hydrogens (tertiary/aromatic N) is 1. The highest BCUT2D eigenvalue weighted by atomic mass is 16.3. The largest absolute Gasteiger partial charge is 0.392 e. The van der Waals surface area contributed by atoms with E-state index in [1.165, 1.54) is 0 Å². The first-order valence-corrected chi connectivity index (χ1v) is 5.64. The number of rotatable bonds is 4. The lowest BCUT2D eigenvalue weighted by Crippen LogP contribution is -2.51. The van der Waals surface area contributed by atoms with E-state index in [0.29, 0.717) is 6.54 Å². The number of carbonyl (C=O) groups excluding carboxylic acids is 1. The third-order valence-corrected chi connectivity index (χ3v) is 3.20. The van der Waals surface area contributed by atoms with Crippen LogP contribution in [0.1, 0.15) is 33.6 Å². The Morgan fingerprint density at radius 2 is 2.00 bits per heavy atom. The molecule has 88 valence electrons. The van der Waals surface area contributed by atoms with Crippen LogP contribution in [-0.2, 0) is 4.79 Å². The van der Waals surface area contributed by atoms with E-state index < -0.39 is 11.6 Å². The van der Waals surface area contributed by atoms with E-state index in [0.717, 1.165) is 25.9 Å². The van der Waals surface area contributed by atoms with Crippen molar-refractivity contribution in [3.05, 3.63) is 0 Å². The second kappa shape index (κ2) is 4.94. The molecule has 4 heteroatoms. The average molecular weight is 214 g/mol. The molecule has 1 unspecified atom stereocenters. The molecule has 1 heterocycles. The van der Waals surface area contributed by atoms with Gasteiger partial charge in [0.2, 0.25) is 5.91 Å². The molecule has 0 aromatic heterocycles. The first-order chi connectivity index (χ1) is 6.93. The monoisotopic (exact) mass is 214 g/mol. The molecular formula is C11H22N2O2. The molecule has 0 spiro atoms. The molecule has 0 aromatic carbocycles. The minimum Gasteiger partial charge on any atom is -0.392 e. The number of carbonyl (C=O) groups is 1. The summed E-state index contributed by atoms with van der Waals surface area (Å²) in [6, 6.07) is 0. The lowest BCUT2D eigenvalue weighted by Gasteiger charge is -2.30. The second-order valence-corrected chi connectivity index (χ2v) is 4.84. The van der Waals surface area contributed by atoms with Crippen LogP contribution in [-0.4, -0.2) is 47.2 Å². The van der Waals surface area contributed by atoms with Crippen LogP contribution in [0.2, 0.25) is 0 Å². The van der Waals surface area contributed by atoms with Gasteiger partial charge in [0, 0.05) is 18.6 Å². The highest BCUT2D eigenvalue weighted by molar-refractivity contribution is 5.78. The number of likely N-dealkylation sites (tertiary alicyclic amines) is 1. The summed E-state index contributed by atoms with van der Waals surface area (Å²) in [7, 11) is 0. The van der Waals surface area contributed by atoms with Crippen LogP contribution in [0.25, 0.3) is 0 Å². The minimum atomic E-state index is -0.469. The Balaban J connectivity index is 2.33. The summed E-state index contributed by atoms with van der Waals surface area (Å²) in [5, 5.41) is 12.6. The molecule has 1 atom stereocenters. The van der Waals surface area contributed by atoms with Crippen molar-refractivity contribution in [2.24, 2.45) is 0 Å². The third-order valence-electron chi connectivity index (χ3n) is 3.20. The van der Waals surface area contributed by atoms with Crippen molar-refractivity contribution in [3.8, 4) is 0 Å². The molecule has 0 saturated carbocycles. The standard InChI is InChI=1S/C11H22N2O2/c1-9(14)11(2,3)12-8-10(15)13-6-4-5-7-13/h9,12,14H,4-8H2,1-3H3. The SMILES string of the molecule is CC(O)C(C)(C)NCC(=O)N1CCCC1. The molecular weight excluding hydrogens is 192 g/mol. The Bertz CT molecular complexity index is 221. The Labute approximate surface area is 91.6 Å². The van der Waals surface area contributed by atoms with Crippen molar-refractivity contribution in [3.63, 3.8) is 0 Å². The van der Waals surface area contributed by atoms with Gasteiger partial charge in [0.15, 0.2) is 0 Å². The highest BCUT2D eigenvalue weighted by Crippen LogP contribution is 2.10. The van der Waals surface area contributed by atoms with Gasteiger partial charge in [-0.2, -0.15) is 0 Å². The van der Waals surface area contributed by atoms with E-state index in [-0.39, 0.29) is 5.91 Å². The number of aliphatic hydroxyl groups excluding tert-OH is 1. The van der Waals surface area contributed by atoms with Crippen molar-refractivity contribution in [1.29, 1.82) is 0 Å². The Hall–Kier alpha value is -0.610. The third kappa shape index (κ3) is 3.47. The Morgan fingerprint density at radius 3 is 2.47 bits per heavy atom. The molecule has 0 radical (unpaired) electrons. The van der Waals surface area contributed by atoms with Crippen LogP contribution in [0.3, 0.4) is 0 Å². The van der Waals surface area contributed by atoms with Gasteiger partial charge in [-0.3, -0.25) is 4.79 Å². The number of aliphatic hydroxyl groups is 1. The van der Waals surface area contributed by atoms with E-state index in [2.05, 4.69) is 5.32 Å². The summed E-state index contributed by atoms with van der Waals surface area (Å²) < 4.78 is 0. The van der Waals surface area contributed by atoms with E-state index in [9.17, 15) is 9.90 Å². The first-order valence-electron chi connectivity index (χ1n) is 5.64. The molecule has 1 amide bonds. The van der Waals surface area contributed by atoms with E-state index >= 15 is 0 Å². The van der Waals surface area contributed by atoms with Crippen molar-refractivity contribution in [2.75, 3.05) is 19.6 Å². The zero-order chi connectivity index (χ0) is 11.5. The van der Waals surface area contributed by atoms with Crippen LogP contribution >= 0.6 is 0 Å². The number of hydrogen-bond acceptors (Lipinski definition) is 3. The van der Waals surface area contributed by atoms with Crippen molar-refractivity contribution in [1.82, 2.24) is 10.2 Å². The molecule has 1 rings (SSSR count). The molecule has 1 saturated heterocycles. The van der Waals surface area contributed by atoms with Crippen LogP contribution in [0, 0.1) is 0 Å². The Morgan fingerprint density at radius 1 is 1.47 bits per heavy atom. The highest BCUT2D eigenvalue weighted by Gasteiger charge is 2.25. The predicted molar refractivity (Wildman–Crippen MR) is 59.6 cm³/mol. The minimum absolute atomic E-state index is 0.140. The fraction of sp³-hybridized carbons (Fsp3) is 0.909. The maximum absolute atomic E-state index is 11.7. The van der Waals surface area contributed by atoms with Gasteiger partial charge in [-0.15, -0.1) is 0 Å². The van der Waals surface area contributed by atoms with E-state index in [1.54, 1.807) is 6.92 Å². The molecule has 0 aliphatic carbocycles. The molecule has 15 heavy (non-hydrogen) atoms. The summed E-state index contributed by atoms with van der Waals surface area (Å²) in [5.41, 5.74) is -0.407. The lowest BCUT2D eigenvalue weighted by atomic mass is 9.99. The topological polar surface area (TPSA) is 52.6 Å². The zero-order valence-electron chi connectivity index (χ0n) is 9.92. The van der Waals surface area contributed by atoms with Crippen LogP contribution in [0.15, 0.2) is 0 Å². The smallest absolute Gasteiger partial charge is 0.236 e. The maximum Gasteiger partial charge on any atom is 0.236 e. The van der Waals surface area contributed by atoms with Gasteiger partial charge < -0.3 is 15.3 Å². The van der Waals surface area contributed by atoms with Crippen LogP contribution in [0.5, 0.6) is 0 Å². The van der Waals surface area contributed by atoms with E-state index in [1.807, 2.05) is 18.7 Å². The number of nitrogens with one attached hydrogen (secondary N) is 1. The molecule has 4 nitrogen and oxygen atoms in total. The summed E-state index contributed by atoms with van der Waals surface area (Å²) in [6.07, 6.45) is 1.76. The van der Waals surface area contributed by atoms with Crippen LogP contribution in [0.4, 0.5) is 0 Å². The molecule has 2 N–H and O–H groups in total. The molecule has 0 aromatic rings. The fourth-order valence-corrected chi connectivity index (χ4v) is 1.53. The van der Waals surface area contributed by atoms with Gasteiger partial charge in [-0.25, -0.2) is 0 Å². The molecule has 1 aliphatic rings. The van der Waals surface area contributed by atoms with Gasteiger partial charge in [-0.05, 0) is 33.6 Å². The van der Waals surface area contributed by atoms with Gasteiger partial charge in [0.25, 0.3) is 0 Å². The zero-order valence-corrected chi connectivity index (χ0v) is 9.92. The number of hydrogen-bond donors (Lipinski definition) is 2. The second-order valence-electron chi connectivity index (χ2n) is 4.84. The average Bonchev–Trinajstić information content (AvgIpc) is 2.66. The molecule has 1 aliphatic heterocycles. The van der Waals surface area contributed by atoms with Crippen molar-refractivity contribution >= 4 is 5.91 Å². The molecule has 0 bridgehead atoms. The predicted octanol–water partition coefficient (Wildman–Crippen LogP) is 0.358. The number of amides is 1. The fourth-order valence-electron chi connectivity index (χ4n) is 1.53. The lowest BCUT2D eigenvalue weighted by molar-refractivity contribution is -0.129. The van der Waals surface area contributed by atoms with Gasteiger partial charge in [0.1, 0.15) is 0 Å².